The van der Waals surface area contributed by atoms with E-state index in [0.717, 1.165) is 59.7 Å². The lowest BCUT2D eigenvalue weighted by atomic mass is 9.82. The minimum absolute atomic E-state index is 0.0695. The molecule has 8 heteroatoms. The lowest BCUT2D eigenvalue weighted by molar-refractivity contribution is -0.116. The second-order valence-electron chi connectivity index (χ2n) is 8.03. The van der Waals surface area contributed by atoms with Gasteiger partial charge in [-0.2, -0.15) is 5.10 Å². The van der Waals surface area contributed by atoms with Gasteiger partial charge in [0, 0.05) is 41.7 Å². The van der Waals surface area contributed by atoms with Gasteiger partial charge in [-0.1, -0.05) is 23.7 Å². The van der Waals surface area contributed by atoms with Crippen LogP contribution in [0.4, 0.5) is 11.4 Å². The summed E-state index contributed by atoms with van der Waals surface area (Å²) in [5, 5.41) is 10.9. The predicted octanol–water partition coefficient (Wildman–Crippen LogP) is 3.90. The molecule has 7 nitrogen and oxygen atoms in total. The molecule has 3 heterocycles. The first-order valence-electron chi connectivity index (χ1n) is 10.3. The Morgan fingerprint density at radius 1 is 1.13 bits per heavy atom. The number of nitrogens with zero attached hydrogens (tertiary/aromatic N) is 2. The Balaban J connectivity index is 1.63. The maximum Gasteiger partial charge on any atom is 0.250 e. The van der Waals surface area contributed by atoms with Gasteiger partial charge in [0.15, 0.2) is 0 Å². The summed E-state index contributed by atoms with van der Waals surface area (Å²) in [6, 6.07) is 11.2. The van der Waals surface area contributed by atoms with Gasteiger partial charge in [-0.3, -0.25) is 14.7 Å². The van der Waals surface area contributed by atoms with E-state index in [9.17, 15) is 9.59 Å². The number of carbonyl (C=O) groups is 2. The molecule has 0 bridgehead atoms. The highest BCUT2D eigenvalue weighted by Crippen LogP contribution is 2.43. The highest BCUT2D eigenvalue weighted by molar-refractivity contribution is 6.30. The number of aromatic nitrogens is 2. The third kappa shape index (κ3) is 3.55. The Morgan fingerprint density at radius 2 is 1.87 bits per heavy atom. The fraction of sp³-hybridized carbons (Fsp3) is 0.261. The molecule has 2 amide bonds. The van der Waals surface area contributed by atoms with Gasteiger partial charge in [0.2, 0.25) is 5.91 Å². The van der Waals surface area contributed by atoms with E-state index in [-0.39, 0.29) is 18.2 Å². The summed E-state index contributed by atoms with van der Waals surface area (Å²) in [6.45, 7) is 1.75. The van der Waals surface area contributed by atoms with E-state index in [1.165, 1.54) is 0 Å². The molecule has 1 saturated heterocycles. The fourth-order valence-electron chi connectivity index (χ4n) is 4.60. The van der Waals surface area contributed by atoms with E-state index < -0.39 is 5.91 Å². The normalized spacial score (nSPS) is 18.0. The van der Waals surface area contributed by atoms with Gasteiger partial charge in [-0.25, -0.2) is 0 Å². The number of hydrogen-bond donors (Lipinski definition) is 3. The van der Waals surface area contributed by atoms with Crippen LogP contribution in [0.5, 0.6) is 0 Å². The van der Waals surface area contributed by atoms with Crippen molar-refractivity contribution < 1.29 is 9.59 Å². The molecule has 0 saturated carbocycles. The first-order chi connectivity index (χ1) is 15.0. The number of rotatable bonds is 4. The van der Waals surface area contributed by atoms with Crippen molar-refractivity contribution in [1.82, 2.24) is 10.2 Å². The van der Waals surface area contributed by atoms with E-state index >= 15 is 0 Å². The largest absolute Gasteiger partial charge is 0.371 e. The minimum atomic E-state index is -0.467. The average molecular weight is 436 g/mol. The molecular weight excluding hydrogens is 414 g/mol. The first-order valence-corrected chi connectivity index (χ1v) is 10.7. The Morgan fingerprint density at radius 3 is 2.58 bits per heavy atom. The summed E-state index contributed by atoms with van der Waals surface area (Å²) in [7, 11) is 0. The number of amides is 2. The number of halogens is 1. The molecule has 1 fully saturated rings. The highest BCUT2D eigenvalue weighted by atomic mass is 35.5. The maximum absolute atomic E-state index is 12.6. The fourth-order valence-corrected chi connectivity index (χ4v) is 4.73. The zero-order valence-electron chi connectivity index (χ0n) is 16.8. The molecule has 1 unspecified atom stereocenters. The van der Waals surface area contributed by atoms with Crippen LogP contribution >= 0.6 is 11.6 Å². The van der Waals surface area contributed by atoms with Gasteiger partial charge in [0.05, 0.1) is 23.1 Å². The number of nitrogens with one attached hydrogen (secondary N) is 2. The van der Waals surface area contributed by atoms with Crippen molar-refractivity contribution >= 4 is 34.8 Å². The number of carbonyl (C=O) groups excluding carboxylic acids is 2. The van der Waals surface area contributed by atoms with Crippen molar-refractivity contribution in [2.45, 2.75) is 25.2 Å². The Hall–Kier alpha value is -3.32. The molecule has 1 aromatic heterocycles. The lowest BCUT2D eigenvalue weighted by Crippen LogP contribution is -2.27. The SMILES string of the molecule is NC(=O)c1cc2c(cc1N1CCCC1)NC(=O)CC2c1cn[nH]c1-c1ccc(Cl)cc1. The lowest BCUT2D eigenvalue weighted by Gasteiger charge is -2.29. The van der Waals surface area contributed by atoms with E-state index in [2.05, 4.69) is 20.4 Å². The second kappa shape index (κ2) is 7.74. The summed E-state index contributed by atoms with van der Waals surface area (Å²) in [5.74, 6) is -0.788. The topological polar surface area (TPSA) is 104 Å². The zero-order chi connectivity index (χ0) is 21.5. The van der Waals surface area contributed by atoms with Crippen molar-refractivity contribution in [3.05, 3.63) is 64.3 Å². The van der Waals surface area contributed by atoms with Crippen LogP contribution in [0.2, 0.25) is 5.02 Å². The number of benzene rings is 2. The molecule has 5 rings (SSSR count). The van der Waals surface area contributed by atoms with Gasteiger partial charge in [0.1, 0.15) is 0 Å². The smallest absolute Gasteiger partial charge is 0.250 e. The van der Waals surface area contributed by atoms with Crippen LogP contribution in [0.1, 0.15) is 46.7 Å². The maximum atomic E-state index is 12.6. The summed E-state index contributed by atoms with van der Waals surface area (Å²) in [6.07, 6.45) is 4.15. The minimum Gasteiger partial charge on any atom is -0.371 e. The number of H-pyrrole nitrogens is 1. The van der Waals surface area contributed by atoms with Crippen LogP contribution in [0.25, 0.3) is 11.3 Å². The summed E-state index contributed by atoms with van der Waals surface area (Å²) in [4.78, 5) is 27.1. The number of aromatic amines is 1. The van der Waals surface area contributed by atoms with E-state index in [4.69, 9.17) is 17.3 Å². The third-order valence-electron chi connectivity index (χ3n) is 6.10. The van der Waals surface area contributed by atoms with Crippen LogP contribution in [0.15, 0.2) is 42.6 Å². The number of fused-ring (bicyclic) bond motifs is 1. The molecule has 2 aliphatic heterocycles. The zero-order valence-corrected chi connectivity index (χ0v) is 17.6. The van der Waals surface area contributed by atoms with Crippen molar-refractivity contribution in [2.75, 3.05) is 23.3 Å². The molecule has 1 atom stereocenters. The average Bonchev–Trinajstić information content (AvgIpc) is 3.45. The second-order valence-corrected chi connectivity index (χ2v) is 8.46. The summed E-state index contributed by atoms with van der Waals surface area (Å²) in [5.41, 5.74) is 11.3. The molecule has 0 spiro atoms. The molecule has 3 aromatic rings. The monoisotopic (exact) mass is 435 g/mol. The highest BCUT2D eigenvalue weighted by Gasteiger charge is 2.32. The van der Waals surface area contributed by atoms with Crippen molar-refractivity contribution in [3.8, 4) is 11.3 Å². The van der Waals surface area contributed by atoms with E-state index in [1.807, 2.05) is 36.4 Å². The molecule has 158 valence electrons. The summed E-state index contributed by atoms with van der Waals surface area (Å²) < 4.78 is 0. The van der Waals surface area contributed by atoms with Gasteiger partial charge < -0.3 is 16.0 Å². The predicted molar refractivity (Wildman–Crippen MR) is 121 cm³/mol. The number of anilines is 2. The third-order valence-corrected chi connectivity index (χ3v) is 6.35. The van der Waals surface area contributed by atoms with Crippen LogP contribution < -0.4 is 16.0 Å². The van der Waals surface area contributed by atoms with Crippen LogP contribution in [-0.4, -0.2) is 35.1 Å². The van der Waals surface area contributed by atoms with Crippen LogP contribution in [0.3, 0.4) is 0 Å². The van der Waals surface area contributed by atoms with Crippen molar-refractivity contribution in [2.24, 2.45) is 5.73 Å². The molecule has 2 aliphatic rings. The van der Waals surface area contributed by atoms with Gasteiger partial charge in [-0.05, 0) is 48.2 Å². The van der Waals surface area contributed by atoms with Gasteiger partial charge >= 0.3 is 0 Å². The Labute approximate surface area is 184 Å². The van der Waals surface area contributed by atoms with E-state index in [0.29, 0.717) is 10.6 Å². The number of hydrogen-bond acceptors (Lipinski definition) is 4. The molecule has 0 radical (unpaired) electrons. The number of nitrogens with two attached hydrogens (primary N) is 1. The Bertz CT molecular complexity index is 1170. The molecule has 31 heavy (non-hydrogen) atoms. The van der Waals surface area contributed by atoms with Gasteiger partial charge in [-0.15, -0.1) is 0 Å². The van der Waals surface area contributed by atoms with Crippen LogP contribution in [-0.2, 0) is 4.79 Å². The summed E-state index contributed by atoms with van der Waals surface area (Å²) >= 11 is 6.04. The van der Waals surface area contributed by atoms with Crippen molar-refractivity contribution in [1.29, 1.82) is 0 Å². The first kappa shape index (κ1) is 19.6. The van der Waals surface area contributed by atoms with Crippen molar-refractivity contribution in [3.63, 3.8) is 0 Å². The van der Waals surface area contributed by atoms with Crippen LogP contribution in [0, 0.1) is 0 Å². The Kier molecular flexibility index (Phi) is 4.90. The molecule has 0 aliphatic carbocycles. The van der Waals surface area contributed by atoms with E-state index in [1.54, 1.807) is 6.20 Å². The molecular formula is C23H22ClN5O2. The van der Waals surface area contributed by atoms with Gasteiger partial charge in [0.25, 0.3) is 5.91 Å². The number of primary amides is 1. The standard InChI is InChI=1S/C23H22ClN5O2/c24-14-5-3-13(4-6-14)22-18(12-26-28-22)15-10-21(30)27-19-11-20(29-7-1-2-8-29)17(23(25)31)9-16(15)19/h3-6,9,11-12,15H,1-2,7-8,10H2,(H2,25,31)(H,26,28)(H,27,30). The molecule has 2 aromatic carbocycles. The molecule has 4 N–H and O–H groups in total. The quantitative estimate of drug-likeness (QED) is 0.578.